The first kappa shape index (κ1) is 27.7. The van der Waals surface area contributed by atoms with Gasteiger partial charge in [-0.3, -0.25) is 0 Å². The molecule has 0 unspecified atom stereocenters. The molecule has 0 atom stereocenters. The van der Waals surface area contributed by atoms with E-state index in [1.807, 2.05) is 0 Å². The number of aryl methyl sites for hydroxylation is 1. The lowest BCUT2D eigenvalue weighted by molar-refractivity contribution is 0.827. The molecule has 1 heterocycles. The van der Waals surface area contributed by atoms with Crippen LogP contribution in [0.25, 0.3) is 55.2 Å². The van der Waals surface area contributed by atoms with E-state index in [4.69, 9.17) is 0 Å². The smallest absolute Gasteiger partial charge is 0.0491 e. The van der Waals surface area contributed by atoms with Crippen molar-refractivity contribution in [3.05, 3.63) is 176 Å². The third-order valence-electron chi connectivity index (χ3n) is 8.97. The second kappa shape index (κ2) is 11.9. The zero-order valence-corrected chi connectivity index (χ0v) is 25.8. The lowest BCUT2D eigenvalue weighted by Gasteiger charge is -2.26. The Morgan fingerprint density at radius 1 is 0.370 bits per heavy atom. The second-order valence-corrected chi connectivity index (χ2v) is 11.7. The molecule has 0 fully saturated rings. The number of rotatable bonds is 7. The molecule has 8 rings (SSSR count). The number of anilines is 3. The molecule has 0 aliphatic heterocycles. The Labute approximate surface area is 270 Å². The van der Waals surface area contributed by atoms with E-state index in [2.05, 4.69) is 192 Å². The molecule has 220 valence electrons. The summed E-state index contributed by atoms with van der Waals surface area (Å²) >= 11 is 0. The van der Waals surface area contributed by atoms with Crippen molar-refractivity contribution in [3.8, 4) is 33.4 Å². The molecule has 0 radical (unpaired) electrons. The van der Waals surface area contributed by atoms with Gasteiger partial charge in [-0.25, -0.2) is 0 Å². The Bertz CT molecular complexity index is 2280. The van der Waals surface area contributed by atoms with Gasteiger partial charge in [0.05, 0.1) is 0 Å². The number of benzene rings is 7. The normalized spacial score (nSPS) is 11.2. The summed E-state index contributed by atoms with van der Waals surface area (Å²) in [6.45, 7) is 3.17. The van der Waals surface area contributed by atoms with E-state index < -0.39 is 0 Å². The average Bonchev–Trinajstić information content (AvgIpc) is 3.46. The summed E-state index contributed by atoms with van der Waals surface area (Å²) in [6.07, 6.45) is 0. The van der Waals surface area contributed by atoms with E-state index >= 15 is 0 Å². The first-order valence-corrected chi connectivity index (χ1v) is 16.0. The molecule has 0 saturated heterocycles. The minimum atomic E-state index is 0.951. The molecule has 0 amide bonds. The van der Waals surface area contributed by atoms with Gasteiger partial charge in [-0.15, -0.1) is 0 Å². The van der Waals surface area contributed by atoms with Crippen LogP contribution >= 0.6 is 0 Å². The number of fused-ring (bicyclic) bond motifs is 3. The number of hydrogen-bond acceptors (Lipinski definition) is 1. The van der Waals surface area contributed by atoms with Crippen LogP contribution in [0.5, 0.6) is 0 Å². The van der Waals surface area contributed by atoms with Gasteiger partial charge < -0.3 is 9.47 Å². The summed E-state index contributed by atoms with van der Waals surface area (Å²) in [7, 11) is 0. The van der Waals surface area contributed by atoms with E-state index in [9.17, 15) is 0 Å². The standard InChI is InChI=1S/C44H34N2/c1-2-45-43-22-10-9-21-41(43)42-31-37(25-28-44(42)45)35-16-11-15-34(29-35)36-17-12-20-40(30-36)46(38-18-7-4-8-19-38)39-26-23-33(24-27-39)32-13-5-3-6-14-32/h3-31H,2H2,1H3. The Balaban J connectivity index is 1.18. The van der Waals surface area contributed by atoms with Crippen molar-refractivity contribution < 1.29 is 0 Å². The molecule has 2 nitrogen and oxygen atoms in total. The van der Waals surface area contributed by atoms with Crippen LogP contribution in [0.2, 0.25) is 0 Å². The average molecular weight is 591 g/mol. The lowest BCUT2D eigenvalue weighted by Crippen LogP contribution is -2.09. The number of aromatic nitrogens is 1. The topological polar surface area (TPSA) is 8.17 Å². The predicted octanol–water partition coefficient (Wildman–Crippen LogP) is 12.3. The zero-order chi connectivity index (χ0) is 30.9. The molecule has 0 saturated carbocycles. The van der Waals surface area contributed by atoms with Crippen molar-refractivity contribution in [1.82, 2.24) is 4.57 Å². The summed E-state index contributed by atoms with van der Waals surface area (Å²) < 4.78 is 2.41. The van der Waals surface area contributed by atoms with Crippen LogP contribution in [-0.2, 0) is 6.54 Å². The van der Waals surface area contributed by atoms with Gasteiger partial charge >= 0.3 is 0 Å². The van der Waals surface area contributed by atoms with Crippen molar-refractivity contribution in [2.45, 2.75) is 13.5 Å². The van der Waals surface area contributed by atoms with Crippen LogP contribution in [0, 0.1) is 0 Å². The maximum absolute atomic E-state index is 2.41. The molecule has 0 aliphatic rings. The Hall–Kier alpha value is -5.86. The highest BCUT2D eigenvalue weighted by atomic mass is 15.1. The Morgan fingerprint density at radius 2 is 0.870 bits per heavy atom. The van der Waals surface area contributed by atoms with Crippen molar-refractivity contribution in [2.24, 2.45) is 0 Å². The van der Waals surface area contributed by atoms with Crippen LogP contribution < -0.4 is 4.90 Å². The fourth-order valence-electron chi connectivity index (χ4n) is 6.73. The largest absolute Gasteiger partial charge is 0.341 e. The molecule has 0 N–H and O–H groups in total. The molecular formula is C44H34N2. The second-order valence-electron chi connectivity index (χ2n) is 11.7. The highest BCUT2D eigenvalue weighted by Gasteiger charge is 2.15. The van der Waals surface area contributed by atoms with Crippen molar-refractivity contribution in [3.63, 3.8) is 0 Å². The fraction of sp³-hybridized carbons (Fsp3) is 0.0455. The van der Waals surface area contributed by atoms with Crippen molar-refractivity contribution >= 4 is 38.9 Å². The summed E-state index contributed by atoms with van der Waals surface area (Å²) in [5.74, 6) is 0. The SMILES string of the molecule is CCn1c2ccccc2c2cc(-c3cccc(-c4cccc(N(c5ccccc5)c5ccc(-c6ccccc6)cc5)c4)c3)ccc21. The fourth-order valence-corrected chi connectivity index (χ4v) is 6.73. The van der Waals surface area contributed by atoms with E-state index in [1.54, 1.807) is 0 Å². The van der Waals surface area contributed by atoms with Crippen LogP contribution in [0.4, 0.5) is 17.1 Å². The number of nitrogens with zero attached hydrogens (tertiary/aromatic N) is 2. The molecule has 0 aliphatic carbocycles. The van der Waals surface area contributed by atoms with Crippen LogP contribution in [0.3, 0.4) is 0 Å². The van der Waals surface area contributed by atoms with Crippen molar-refractivity contribution in [2.75, 3.05) is 4.90 Å². The maximum atomic E-state index is 2.41. The van der Waals surface area contributed by atoms with E-state index in [0.717, 1.165) is 23.6 Å². The van der Waals surface area contributed by atoms with Gasteiger partial charge in [-0.2, -0.15) is 0 Å². The Kier molecular flexibility index (Phi) is 7.16. The monoisotopic (exact) mass is 590 g/mol. The van der Waals surface area contributed by atoms with Gasteiger partial charge in [0.2, 0.25) is 0 Å². The molecule has 1 aromatic heterocycles. The zero-order valence-electron chi connectivity index (χ0n) is 25.8. The van der Waals surface area contributed by atoms with E-state index in [-0.39, 0.29) is 0 Å². The summed E-state index contributed by atoms with van der Waals surface area (Å²) in [5, 5.41) is 2.61. The first-order chi connectivity index (χ1) is 22.8. The molecule has 7 aromatic carbocycles. The minimum absolute atomic E-state index is 0.951. The summed E-state index contributed by atoms with van der Waals surface area (Å²) in [5.41, 5.74) is 13.2. The molecule has 8 aromatic rings. The number of hydrogen-bond donors (Lipinski definition) is 0. The van der Waals surface area contributed by atoms with Gasteiger partial charge in [-0.05, 0) is 101 Å². The van der Waals surface area contributed by atoms with Crippen LogP contribution in [-0.4, -0.2) is 4.57 Å². The minimum Gasteiger partial charge on any atom is -0.341 e. The third kappa shape index (κ3) is 5.04. The molecule has 46 heavy (non-hydrogen) atoms. The van der Waals surface area contributed by atoms with Gasteiger partial charge in [0.25, 0.3) is 0 Å². The molecular weight excluding hydrogens is 556 g/mol. The highest BCUT2D eigenvalue weighted by Crippen LogP contribution is 2.38. The van der Waals surface area contributed by atoms with Gasteiger partial charge in [0, 0.05) is 45.4 Å². The molecule has 2 heteroatoms. The van der Waals surface area contributed by atoms with Gasteiger partial charge in [-0.1, -0.05) is 115 Å². The molecule has 0 bridgehead atoms. The quantitative estimate of drug-likeness (QED) is 0.179. The van der Waals surface area contributed by atoms with E-state index in [1.165, 1.54) is 55.2 Å². The van der Waals surface area contributed by atoms with Gasteiger partial charge in [0.15, 0.2) is 0 Å². The maximum Gasteiger partial charge on any atom is 0.0491 e. The molecule has 0 spiro atoms. The van der Waals surface area contributed by atoms with Crippen molar-refractivity contribution in [1.29, 1.82) is 0 Å². The summed E-state index contributed by atoms with van der Waals surface area (Å²) in [4.78, 5) is 2.33. The Morgan fingerprint density at radius 3 is 1.61 bits per heavy atom. The summed E-state index contributed by atoms with van der Waals surface area (Å²) in [6, 6.07) is 63.4. The van der Waals surface area contributed by atoms with Gasteiger partial charge in [0.1, 0.15) is 0 Å². The predicted molar refractivity (Wildman–Crippen MR) is 196 cm³/mol. The number of para-hydroxylation sites is 2. The third-order valence-corrected chi connectivity index (χ3v) is 8.97. The first-order valence-electron chi connectivity index (χ1n) is 16.0. The van der Waals surface area contributed by atoms with Crippen LogP contribution in [0.15, 0.2) is 176 Å². The van der Waals surface area contributed by atoms with E-state index in [0.29, 0.717) is 0 Å². The van der Waals surface area contributed by atoms with Crippen LogP contribution in [0.1, 0.15) is 6.92 Å². The highest BCUT2D eigenvalue weighted by molar-refractivity contribution is 6.09. The lowest BCUT2D eigenvalue weighted by atomic mass is 9.97.